The molecule has 0 unspecified atom stereocenters. The van der Waals surface area contributed by atoms with Gasteiger partial charge < -0.3 is 4.74 Å². The lowest BCUT2D eigenvalue weighted by Gasteiger charge is -2.26. The molecule has 23 heavy (non-hydrogen) atoms. The maximum Gasteiger partial charge on any atom is 0.360 e. The number of nitrogens with zero attached hydrogens (tertiary/aromatic N) is 2. The number of benzene rings is 2. The molecule has 0 aromatic heterocycles. The average molecular weight is 331 g/mol. The van der Waals surface area contributed by atoms with Crippen LogP contribution in [-0.2, 0) is 0 Å². The smallest absolute Gasteiger partial charge is 0.360 e. The number of hydrazine groups is 1. The first-order chi connectivity index (χ1) is 11.0. The number of anilines is 1. The minimum atomic E-state index is -0.633. The molecule has 0 fully saturated rings. The Hall–Kier alpha value is -2.22. The zero-order valence-corrected chi connectivity index (χ0v) is 13.8. The third-order valence-electron chi connectivity index (χ3n) is 3.30. The number of fused-ring (bicyclic) bond motifs is 2. The summed E-state index contributed by atoms with van der Waals surface area (Å²) in [5, 5.41) is 12.4. The van der Waals surface area contributed by atoms with Gasteiger partial charge in [-0.05, 0) is 30.7 Å². The molecule has 3 rings (SSSR count). The Morgan fingerprint density at radius 1 is 1.17 bits per heavy atom. The summed E-state index contributed by atoms with van der Waals surface area (Å²) >= 11 is 1.47. The summed E-state index contributed by atoms with van der Waals surface area (Å²) in [5.41, 5.74) is 3.71. The van der Waals surface area contributed by atoms with Crippen molar-refractivity contribution < 1.29 is 14.7 Å². The van der Waals surface area contributed by atoms with E-state index in [0.717, 1.165) is 16.2 Å². The highest BCUT2D eigenvalue weighted by Gasteiger charge is 2.27. The van der Waals surface area contributed by atoms with Crippen LogP contribution >= 0.6 is 11.8 Å². The fourth-order valence-corrected chi connectivity index (χ4v) is 3.41. The topological polar surface area (TPSA) is 65.0 Å². The van der Waals surface area contributed by atoms with Crippen LogP contribution in [-0.4, -0.2) is 30.3 Å². The molecule has 1 aliphatic rings. The molecule has 2 aromatic rings. The van der Waals surface area contributed by atoms with Gasteiger partial charge in [0.1, 0.15) is 11.5 Å². The first kappa shape index (κ1) is 15.7. The minimum absolute atomic E-state index is 0.418. The number of hydroxylamine groups is 1. The molecule has 0 atom stereocenters. The van der Waals surface area contributed by atoms with Gasteiger partial charge in [-0.1, -0.05) is 30.0 Å². The molecule has 0 spiro atoms. The number of para-hydroxylation sites is 1. The molecule has 2 N–H and O–H groups in total. The third-order valence-corrected chi connectivity index (χ3v) is 4.46. The van der Waals surface area contributed by atoms with Crippen LogP contribution in [0, 0.1) is 6.92 Å². The predicted molar refractivity (Wildman–Crippen MR) is 88.3 cm³/mol. The summed E-state index contributed by atoms with van der Waals surface area (Å²) in [6.07, 6.45) is 0. The van der Waals surface area contributed by atoms with Crippen molar-refractivity contribution in [2.75, 3.05) is 19.2 Å². The Labute approximate surface area is 138 Å². The number of aryl methyl sites for hydroxylation is 1. The van der Waals surface area contributed by atoms with Crippen LogP contribution in [0.2, 0.25) is 0 Å². The first-order valence-electron chi connectivity index (χ1n) is 7.02. The molecule has 2 aromatic carbocycles. The average Bonchev–Trinajstić information content (AvgIpc) is 2.52. The zero-order valence-electron chi connectivity index (χ0n) is 13.0. The normalized spacial score (nSPS) is 12.2. The van der Waals surface area contributed by atoms with E-state index in [9.17, 15) is 10.0 Å². The maximum atomic E-state index is 12.1. The van der Waals surface area contributed by atoms with E-state index in [-0.39, 0.29) is 0 Å². The van der Waals surface area contributed by atoms with Gasteiger partial charge in [-0.25, -0.2) is 9.80 Å². The summed E-state index contributed by atoms with van der Waals surface area (Å²) in [6, 6.07) is 10.7. The standard InChI is InChI=1S/C16H17N3O3S/c1-10-8-9-12-15(14(10)19(21)16(20)17-18(2)3)23-13-7-5-4-6-11(13)22-12/h4-9,21H,1-3H3,(H,17,20). The van der Waals surface area contributed by atoms with E-state index < -0.39 is 6.03 Å². The fourth-order valence-electron chi connectivity index (χ4n) is 2.28. The van der Waals surface area contributed by atoms with Crippen LogP contribution < -0.4 is 15.2 Å². The number of amides is 2. The van der Waals surface area contributed by atoms with E-state index in [1.165, 1.54) is 16.8 Å². The highest BCUT2D eigenvalue weighted by Crippen LogP contribution is 2.51. The van der Waals surface area contributed by atoms with Crippen molar-refractivity contribution in [3.8, 4) is 11.5 Å². The van der Waals surface area contributed by atoms with Crippen molar-refractivity contribution in [2.24, 2.45) is 0 Å². The Balaban J connectivity index is 2.01. The first-order valence-corrected chi connectivity index (χ1v) is 7.84. The van der Waals surface area contributed by atoms with Gasteiger partial charge in [-0.2, -0.15) is 5.06 Å². The predicted octanol–water partition coefficient (Wildman–Crippen LogP) is 3.63. The lowest BCUT2D eigenvalue weighted by molar-refractivity contribution is 0.180. The van der Waals surface area contributed by atoms with Crippen molar-refractivity contribution in [2.45, 2.75) is 16.7 Å². The van der Waals surface area contributed by atoms with Crippen molar-refractivity contribution in [3.63, 3.8) is 0 Å². The molecule has 0 saturated carbocycles. The summed E-state index contributed by atoms with van der Waals surface area (Å²) in [4.78, 5) is 13.8. The van der Waals surface area contributed by atoms with Gasteiger partial charge in [0.15, 0.2) is 0 Å². The third kappa shape index (κ3) is 2.98. The molecule has 1 aliphatic heterocycles. The SMILES string of the molecule is Cc1ccc2c(c1N(O)C(=O)NN(C)C)Sc1ccccc1O2. The van der Waals surface area contributed by atoms with Gasteiger partial charge in [0, 0.05) is 14.1 Å². The molecule has 0 saturated heterocycles. The van der Waals surface area contributed by atoms with E-state index in [2.05, 4.69) is 5.43 Å². The van der Waals surface area contributed by atoms with Crippen LogP contribution in [0.5, 0.6) is 11.5 Å². The number of carbonyl (C=O) groups is 1. The largest absolute Gasteiger partial charge is 0.455 e. The van der Waals surface area contributed by atoms with Gasteiger partial charge >= 0.3 is 6.03 Å². The molecule has 120 valence electrons. The monoisotopic (exact) mass is 331 g/mol. The van der Waals surface area contributed by atoms with Gasteiger partial charge in [0.25, 0.3) is 0 Å². The molecule has 1 heterocycles. The second-order valence-electron chi connectivity index (χ2n) is 5.33. The minimum Gasteiger partial charge on any atom is -0.455 e. The molecule has 2 amide bonds. The molecule has 7 heteroatoms. The molecule has 0 bridgehead atoms. The van der Waals surface area contributed by atoms with Crippen molar-refractivity contribution in [3.05, 3.63) is 42.0 Å². The van der Waals surface area contributed by atoms with Crippen LogP contribution in [0.15, 0.2) is 46.2 Å². The highest BCUT2D eigenvalue weighted by atomic mass is 32.2. The molecular weight excluding hydrogens is 314 g/mol. The van der Waals surface area contributed by atoms with Crippen LogP contribution in [0.4, 0.5) is 10.5 Å². The Bertz CT molecular complexity index is 764. The number of hydrogen-bond donors (Lipinski definition) is 2. The summed E-state index contributed by atoms with van der Waals surface area (Å²) in [6.45, 7) is 1.84. The number of ether oxygens (including phenoxy) is 1. The van der Waals surface area contributed by atoms with E-state index >= 15 is 0 Å². The summed E-state index contributed by atoms with van der Waals surface area (Å²) < 4.78 is 5.88. The van der Waals surface area contributed by atoms with E-state index in [1.54, 1.807) is 14.1 Å². The van der Waals surface area contributed by atoms with Gasteiger partial charge in [0.2, 0.25) is 0 Å². The van der Waals surface area contributed by atoms with Crippen molar-refractivity contribution >= 4 is 23.5 Å². The maximum absolute atomic E-state index is 12.1. The van der Waals surface area contributed by atoms with Crippen LogP contribution in [0.25, 0.3) is 0 Å². The van der Waals surface area contributed by atoms with Crippen molar-refractivity contribution in [1.82, 2.24) is 10.4 Å². The highest BCUT2D eigenvalue weighted by molar-refractivity contribution is 7.99. The zero-order chi connectivity index (χ0) is 16.6. The van der Waals surface area contributed by atoms with Gasteiger partial charge in [-0.15, -0.1) is 0 Å². The Morgan fingerprint density at radius 2 is 1.91 bits per heavy atom. The molecular formula is C16H17N3O3S. The Morgan fingerprint density at radius 3 is 2.65 bits per heavy atom. The number of rotatable bonds is 2. The number of carbonyl (C=O) groups excluding carboxylic acids is 1. The van der Waals surface area contributed by atoms with Crippen LogP contribution in [0.1, 0.15) is 5.56 Å². The van der Waals surface area contributed by atoms with Gasteiger partial charge in [0.05, 0.1) is 15.5 Å². The Kier molecular flexibility index (Phi) is 4.16. The quantitative estimate of drug-likeness (QED) is 0.554. The van der Waals surface area contributed by atoms with E-state index in [1.807, 2.05) is 43.3 Å². The van der Waals surface area contributed by atoms with Crippen LogP contribution in [0.3, 0.4) is 0 Å². The number of urea groups is 1. The van der Waals surface area contributed by atoms with E-state index in [4.69, 9.17) is 4.74 Å². The van der Waals surface area contributed by atoms with E-state index in [0.29, 0.717) is 21.4 Å². The second kappa shape index (κ2) is 6.11. The fraction of sp³-hybridized carbons (Fsp3) is 0.188. The number of hydrogen-bond acceptors (Lipinski definition) is 5. The number of nitrogens with one attached hydrogen (secondary N) is 1. The van der Waals surface area contributed by atoms with Crippen molar-refractivity contribution in [1.29, 1.82) is 0 Å². The lowest BCUT2D eigenvalue weighted by Crippen LogP contribution is -2.45. The van der Waals surface area contributed by atoms with Gasteiger partial charge in [-0.3, -0.25) is 10.6 Å². The summed E-state index contributed by atoms with van der Waals surface area (Å²) in [7, 11) is 3.35. The second-order valence-corrected chi connectivity index (χ2v) is 6.38. The summed E-state index contributed by atoms with van der Waals surface area (Å²) in [5.74, 6) is 1.38. The molecule has 0 aliphatic carbocycles. The molecule has 6 nitrogen and oxygen atoms in total. The molecule has 0 radical (unpaired) electrons. The lowest BCUT2D eigenvalue weighted by atomic mass is 10.2.